The SMILES string of the molecule is COc1ccccc1CCNC(=O)Cc1cc(=O)[nH]c(SCc2cccc(Cl)c2)n1. The zero-order chi connectivity index (χ0) is 21.3. The van der Waals surface area contributed by atoms with Gasteiger partial charge >= 0.3 is 0 Å². The second-order valence-corrected chi connectivity index (χ2v) is 7.95. The Balaban J connectivity index is 1.54. The van der Waals surface area contributed by atoms with Gasteiger partial charge in [0, 0.05) is 23.4 Å². The number of nitrogens with one attached hydrogen (secondary N) is 2. The molecule has 2 N–H and O–H groups in total. The summed E-state index contributed by atoms with van der Waals surface area (Å²) in [5.41, 5.74) is 2.20. The molecule has 0 bridgehead atoms. The Morgan fingerprint density at radius 3 is 2.83 bits per heavy atom. The van der Waals surface area contributed by atoms with E-state index in [1.807, 2.05) is 48.5 Å². The summed E-state index contributed by atoms with van der Waals surface area (Å²) in [6.45, 7) is 0.471. The summed E-state index contributed by atoms with van der Waals surface area (Å²) in [4.78, 5) is 31.3. The number of carbonyl (C=O) groups is 1. The highest BCUT2D eigenvalue weighted by atomic mass is 35.5. The zero-order valence-electron chi connectivity index (χ0n) is 16.5. The third-order valence-electron chi connectivity index (χ3n) is 4.29. The summed E-state index contributed by atoms with van der Waals surface area (Å²) in [6, 6.07) is 16.5. The molecular weight excluding hydrogens is 422 g/mol. The Morgan fingerprint density at radius 1 is 1.20 bits per heavy atom. The van der Waals surface area contributed by atoms with Gasteiger partial charge in [0.05, 0.1) is 19.2 Å². The van der Waals surface area contributed by atoms with E-state index in [1.165, 1.54) is 17.8 Å². The molecule has 0 unspecified atom stereocenters. The number of aromatic amines is 1. The Labute approximate surface area is 184 Å². The molecule has 0 aliphatic heterocycles. The molecule has 0 saturated heterocycles. The highest BCUT2D eigenvalue weighted by Gasteiger charge is 2.09. The summed E-state index contributed by atoms with van der Waals surface area (Å²) in [6.07, 6.45) is 0.694. The standard InChI is InChI=1S/C22H22ClN3O3S/c1-29-19-8-3-2-6-16(19)9-10-24-20(27)12-18-13-21(28)26-22(25-18)30-14-15-5-4-7-17(23)11-15/h2-8,11,13H,9-10,12,14H2,1H3,(H,24,27)(H,25,26,28). The van der Waals surface area contributed by atoms with Crippen LogP contribution in [0.25, 0.3) is 0 Å². The number of hydrogen-bond acceptors (Lipinski definition) is 5. The molecule has 1 aromatic heterocycles. The summed E-state index contributed by atoms with van der Waals surface area (Å²) in [5.74, 6) is 1.22. The van der Waals surface area contributed by atoms with Gasteiger partial charge in [-0.3, -0.25) is 9.59 Å². The van der Waals surface area contributed by atoms with Gasteiger partial charge in [-0.25, -0.2) is 4.98 Å². The van der Waals surface area contributed by atoms with Crippen molar-refractivity contribution in [2.45, 2.75) is 23.8 Å². The molecule has 156 valence electrons. The molecule has 0 aliphatic carbocycles. The lowest BCUT2D eigenvalue weighted by Gasteiger charge is -2.09. The van der Waals surface area contributed by atoms with Crippen molar-refractivity contribution in [1.82, 2.24) is 15.3 Å². The van der Waals surface area contributed by atoms with Crippen molar-refractivity contribution < 1.29 is 9.53 Å². The second-order valence-electron chi connectivity index (χ2n) is 6.55. The molecule has 0 fully saturated rings. The Hall–Kier alpha value is -2.77. The molecule has 0 spiro atoms. The molecule has 0 saturated carbocycles. The smallest absolute Gasteiger partial charge is 0.251 e. The van der Waals surface area contributed by atoms with E-state index in [-0.39, 0.29) is 17.9 Å². The van der Waals surface area contributed by atoms with E-state index < -0.39 is 0 Å². The minimum atomic E-state index is -0.282. The van der Waals surface area contributed by atoms with Crippen LogP contribution < -0.4 is 15.6 Å². The number of para-hydroxylation sites is 1. The largest absolute Gasteiger partial charge is 0.496 e. The van der Waals surface area contributed by atoms with Gasteiger partial charge in [-0.15, -0.1) is 0 Å². The van der Waals surface area contributed by atoms with Crippen molar-refractivity contribution in [3.8, 4) is 5.75 Å². The topological polar surface area (TPSA) is 84.1 Å². The fourth-order valence-corrected chi connectivity index (χ4v) is 3.94. The van der Waals surface area contributed by atoms with Crippen molar-refractivity contribution in [3.05, 3.63) is 86.8 Å². The minimum absolute atomic E-state index is 0.0422. The molecule has 3 aromatic rings. The Morgan fingerprint density at radius 2 is 2.03 bits per heavy atom. The molecule has 2 aromatic carbocycles. The number of halogens is 1. The van der Waals surface area contributed by atoms with Gasteiger partial charge < -0.3 is 15.0 Å². The number of aromatic nitrogens is 2. The number of nitrogens with zero attached hydrogens (tertiary/aromatic N) is 1. The first-order chi connectivity index (χ1) is 14.5. The predicted molar refractivity (Wildman–Crippen MR) is 119 cm³/mol. The number of methoxy groups -OCH3 is 1. The van der Waals surface area contributed by atoms with E-state index in [9.17, 15) is 9.59 Å². The van der Waals surface area contributed by atoms with Gasteiger partial charge in [-0.2, -0.15) is 0 Å². The molecule has 3 rings (SSSR count). The average molecular weight is 444 g/mol. The van der Waals surface area contributed by atoms with Gasteiger partial charge in [0.2, 0.25) is 5.91 Å². The normalized spacial score (nSPS) is 10.6. The maximum absolute atomic E-state index is 12.3. The number of ether oxygens (including phenoxy) is 1. The first-order valence-corrected chi connectivity index (χ1v) is 10.8. The van der Waals surface area contributed by atoms with Crippen LogP contribution in [-0.4, -0.2) is 29.5 Å². The molecule has 1 heterocycles. The van der Waals surface area contributed by atoms with Gasteiger partial charge in [-0.1, -0.05) is 53.7 Å². The molecular formula is C22H22ClN3O3S. The maximum atomic E-state index is 12.3. The highest BCUT2D eigenvalue weighted by Crippen LogP contribution is 2.21. The monoisotopic (exact) mass is 443 g/mol. The van der Waals surface area contributed by atoms with Gasteiger partial charge in [0.1, 0.15) is 5.75 Å². The third kappa shape index (κ3) is 6.64. The Bertz CT molecular complexity index is 1070. The van der Waals surface area contributed by atoms with Crippen LogP contribution in [0.1, 0.15) is 16.8 Å². The number of thioether (sulfide) groups is 1. The molecule has 6 nitrogen and oxygen atoms in total. The fourth-order valence-electron chi connectivity index (χ4n) is 2.89. The van der Waals surface area contributed by atoms with E-state index >= 15 is 0 Å². The highest BCUT2D eigenvalue weighted by molar-refractivity contribution is 7.98. The number of amides is 1. The predicted octanol–water partition coefficient (Wildman–Crippen LogP) is 3.63. The molecule has 1 amide bonds. The first kappa shape index (κ1) is 21.9. The average Bonchev–Trinajstić information content (AvgIpc) is 2.72. The zero-order valence-corrected chi connectivity index (χ0v) is 18.1. The van der Waals surface area contributed by atoms with Crippen LogP contribution in [0.4, 0.5) is 0 Å². The van der Waals surface area contributed by atoms with Crippen molar-refractivity contribution >= 4 is 29.3 Å². The molecule has 30 heavy (non-hydrogen) atoms. The van der Waals surface area contributed by atoms with Crippen molar-refractivity contribution in [1.29, 1.82) is 0 Å². The lowest BCUT2D eigenvalue weighted by Crippen LogP contribution is -2.28. The molecule has 8 heteroatoms. The summed E-state index contributed by atoms with van der Waals surface area (Å²) < 4.78 is 5.32. The fraction of sp³-hybridized carbons (Fsp3) is 0.227. The minimum Gasteiger partial charge on any atom is -0.496 e. The van der Waals surface area contributed by atoms with E-state index in [0.717, 1.165) is 16.9 Å². The van der Waals surface area contributed by atoms with E-state index in [0.29, 0.717) is 34.6 Å². The van der Waals surface area contributed by atoms with Gasteiger partial charge in [-0.05, 0) is 35.7 Å². The first-order valence-electron chi connectivity index (χ1n) is 9.39. The molecule has 0 aliphatic rings. The van der Waals surface area contributed by atoms with Crippen LogP contribution in [0.3, 0.4) is 0 Å². The number of rotatable bonds is 9. The number of hydrogen-bond donors (Lipinski definition) is 2. The van der Waals surface area contributed by atoms with Crippen LogP contribution in [0.5, 0.6) is 5.75 Å². The lowest BCUT2D eigenvalue weighted by atomic mass is 10.1. The van der Waals surface area contributed by atoms with Gasteiger partial charge in [0.25, 0.3) is 5.56 Å². The number of H-pyrrole nitrogens is 1. The third-order valence-corrected chi connectivity index (χ3v) is 5.47. The van der Waals surface area contributed by atoms with Crippen LogP contribution in [0.2, 0.25) is 5.02 Å². The van der Waals surface area contributed by atoms with Crippen LogP contribution in [0, 0.1) is 0 Å². The molecule has 0 atom stereocenters. The Kier molecular flexibility index (Phi) is 7.93. The summed E-state index contributed by atoms with van der Waals surface area (Å²) in [7, 11) is 1.62. The van der Waals surface area contributed by atoms with E-state index in [1.54, 1.807) is 7.11 Å². The van der Waals surface area contributed by atoms with E-state index in [4.69, 9.17) is 16.3 Å². The summed E-state index contributed by atoms with van der Waals surface area (Å²) in [5, 5.41) is 4.00. The number of benzene rings is 2. The lowest BCUT2D eigenvalue weighted by molar-refractivity contribution is -0.120. The van der Waals surface area contributed by atoms with Crippen molar-refractivity contribution in [2.24, 2.45) is 0 Å². The number of carbonyl (C=O) groups excluding carboxylic acids is 1. The second kappa shape index (κ2) is 10.8. The quantitative estimate of drug-likeness (QED) is 0.389. The van der Waals surface area contributed by atoms with E-state index in [2.05, 4.69) is 15.3 Å². The van der Waals surface area contributed by atoms with Gasteiger partial charge in [0.15, 0.2) is 5.16 Å². The molecule has 0 radical (unpaired) electrons. The van der Waals surface area contributed by atoms with Crippen LogP contribution in [-0.2, 0) is 23.4 Å². The van der Waals surface area contributed by atoms with Crippen molar-refractivity contribution in [3.63, 3.8) is 0 Å². The maximum Gasteiger partial charge on any atom is 0.251 e. The van der Waals surface area contributed by atoms with Crippen LogP contribution >= 0.6 is 23.4 Å². The van der Waals surface area contributed by atoms with Crippen LogP contribution in [0.15, 0.2) is 64.5 Å². The van der Waals surface area contributed by atoms with Crippen molar-refractivity contribution in [2.75, 3.05) is 13.7 Å². The summed E-state index contributed by atoms with van der Waals surface area (Å²) >= 11 is 7.38.